The van der Waals surface area contributed by atoms with Crippen molar-refractivity contribution >= 4 is 30.1 Å². The maximum Gasteiger partial charge on any atom is 0.298 e. The minimum Gasteiger partial charge on any atom is -0.487 e. The molecular weight excluding hydrogens is 967 g/mol. The first kappa shape index (κ1) is 51.7. The number of hydrogen-bond donors (Lipinski definition) is 2. The van der Waals surface area contributed by atoms with Crippen molar-refractivity contribution in [2.75, 3.05) is 0 Å². The van der Waals surface area contributed by atoms with Crippen LogP contribution in [-0.4, -0.2) is 40.0 Å². The Balaban J connectivity index is 1.17. The number of aryl methyl sites for hydroxylation is 1. The van der Waals surface area contributed by atoms with E-state index in [1.807, 2.05) is 80.6 Å². The first-order valence-corrected chi connectivity index (χ1v) is 28.0. The normalized spacial score (nSPS) is 15.1. The largest absolute Gasteiger partial charge is 0.487 e. The van der Waals surface area contributed by atoms with Gasteiger partial charge in [-0.25, -0.2) is 8.42 Å². The predicted molar refractivity (Wildman–Crippen MR) is 278 cm³/mol. The van der Waals surface area contributed by atoms with Gasteiger partial charge in [0.2, 0.25) is 9.84 Å². The number of rotatable bonds is 16. The number of benzene rings is 7. The van der Waals surface area contributed by atoms with Crippen LogP contribution >= 0.6 is 0 Å². The van der Waals surface area contributed by atoms with Crippen LogP contribution in [0.4, 0.5) is 0 Å². The Morgan fingerprint density at radius 2 is 1.08 bits per heavy atom. The van der Waals surface area contributed by atoms with Crippen LogP contribution < -0.4 is 9.47 Å². The molecule has 8 rings (SSSR count). The van der Waals surface area contributed by atoms with E-state index >= 15 is 0 Å². The molecule has 7 aromatic rings. The Morgan fingerprint density at radius 1 is 0.569 bits per heavy atom. The first-order chi connectivity index (χ1) is 33.9. The quantitative estimate of drug-likeness (QED) is 0.0878. The molecule has 2 unspecified atom stereocenters. The molecule has 14 heteroatoms. The molecule has 2 atom stereocenters. The van der Waals surface area contributed by atoms with Gasteiger partial charge < -0.3 is 9.47 Å². The number of nitriles is 1. The molecule has 1 aliphatic carbocycles. The van der Waals surface area contributed by atoms with Gasteiger partial charge in [0.25, 0.3) is 20.2 Å². The second kappa shape index (κ2) is 18.8. The fraction of sp³-hybridized carbons (Fsp3) is 0.259. The van der Waals surface area contributed by atoms with Gasteiger partial charge in [-0.15, -0.1) is 0 Å². The average molecular weight is 1020 g/mol. The highest BCUT2D eigenvalue weighted by molar-refractivity contribution is 7.91. The SMILES string of the molecule is CCC(C)(C)c1ccc(S(=O)(=O)c2ccc(Oc3ccc(C4(c5ccc(OC(C)(CC)C(C)(CC)c6cccc(C)c6C#N)cc5)c5ccccc5-c5ccccc54)cc3)c(S(=O)(=O)O)c2)cc1S(=O)(=O)O. The fourth-order valence-electron chi connectivity index (χ4n) is 10.4. The lowest BCUT2D eigenvalue weighted by Crippen LogP contribution is -2.51. The number of hydrogen-bond acceptors (Lipinski definition) is 9. The topological polar surface area (TPSA) is 185 Å². The molecule has 0 saturated heterocycles. The van der Waals surface area contributed by atoms with Crippen LogP contribution in [0.25, 0.3) is 11.1 Å². The summed E-state index contributed by atoms with van der Waals surface area (Å²) < 4.78 is 113. The standard InChI is InChI=1S/C58H57NO10S3/c1-9-55(5,6)51-33-31-43(35-53(51)71(62,63)64)70(60,61)44-32-34-52(54(36-44)72(65,66)67)68-41-27-23-39(24-28-41)58(49-20-14-12-18-45(49)46-19-13-15-21-50(46)58)40-25-29-42(30-26-40)69-57(8,11-3)56(7,10-2)48-22-16-17-38(4)47(48)37-59/h12-36H,9-11H2,1-8H3,(H,62,63,64)(H,65,66,67). The fourth-order valence-corrected chi connectivity index (χ4v) is 13.4. The van der Waals surface area contributed by atoms with E-state index in [1.54, 1.807) is 26.0 Å². The monoisotopic (exact) mass is 1020 g/mol. The molecule has 0 aromatic heterocycles. The molecule has 0 radical (unpaired) electrons. The summed E-state index contributed by atoms with van der Waals surface area (Å²) >= 11 is 0. The average Bonchev–Trinajstić information content (AvgIpc) is 3.66. The highest BCUT2D eigenvalue weighted by Gasteiger charge is 2.48. The van der Waals surface area contributed by atoms with Crippen molar-refractivity contribution in [1.82, 2.24) is 0 Å². The first-order valence-electron chi connectivity index (χ1n) is 23.7. The van der Waals surface area contributed by atoms with Crippen molar-refractivity contribution in [3.8, 4) is 34.4 Å². The zero-order valence-corrected chi connectivity index (χ0v) is 43.8. The minimum atomic E-state index is -5.11. The molecule has 0 spiro atoms. The Bertz CT molecular complexity index is 3590. The van der Waals surface area contributed by atoms with Gasteiger partial charge in [-0.3, -0.25) is 9.11 Å². The summed E-state index contributed by atoms with van der Waals surface area (Å²) in [5.41, 5.74) is 5.88. The van der Waals surface area contributed by atoms with Crippen LogP contribution in [0.5, 0.6) is 17.2 Å². The molecule has 0 aliphatic heterocycles. The smallest absolute Gasteiger partial charge is 0.298 e. The Hall–Kier alpha value is -6.60. The van der Waals surface area contributed by atoms with Crippen molar-refractivity contribution < 1.29 is 43.8 Å². The summed E-state index contributed by atoms with van der Waals surface area (Å²) in [6.45, 7) is 15.8. The molecule has 72 heavy (non-hydrogen) atoms. The van der Waals surface area contributed by atoms with Crippen molar-refractivity contribution in [3.05, 3.63) is 196 Å². The summed E-state index contributed by atoms with van der Waals surface area (Å²) in [7, 11) is -14.6. The van der Waals surface area contributed by atoms with Crippen LogP contribution in [0.1, 0.15) is 112 Å². The highest BCUT2D eigenvalue weighted by Crippen LogP contribution is 2.56. The Kier molecular flexibility index (Phi) is 13.5. The molecule has 7 aromatic carbocycles. The van der Waals surface area contributed by atoms with Gasteiger partial charge in [0.1, 0.15) is 27.7 Å². The molecule has 1 aliphatic rings. The van der Waals surface area contributed by atoms with E-state index in [4.69, 9.17) is 9.47 Å². The number of fused-ring (bicyclic) bond motifs is 3. The zero-order valence-electron chi connectivity index (χ0n) is 41.4. The number of nitrogens with zero attached hydrogens (tertiary/aromatic N) is 1. The van der Waals surface area contributed by atoms with E-state index in [2.05, 4.69) is 70.2 Å². The lowest BCUT2D eigenvalue weighted by atomic mass is 9.65. The second-order valence-electron chi connectivity index (χ2n) is 19.4. The van der Waals surface area contributed by atoms with Gasteiger partial charge in [0.05, 0.1) is 31.7 Å². The molecule has 2 N–H and O–H groups in total. The van der Waals surface area contributed by atoms with Gasteiger partial charge >= 0.3 is 0 Å². The van der Waals surface area contributed by atoms with Crippen LogP contribution in [0.2, 0.25) is 0 Å². The third-order valence-corrected chi connectivity index (χ3v) is 18.8. The molecular formula is C58H57NO10S3. The zero-order chi connectivity index (χ0) is 52.2. The van der Waals surface area contributed by atoms with E-state index in [1.165, 1.54) is 12.1 Å². The molecule has 11 nitrogen and oxygen atoms in total. The van der Waals surface area contributed by atoms with Crippen molar-refractivity contribution in [2.45, 2.75) is 116 Å². The summed E-state index contributed by atoms with van der Waals surface area (Å²) in [6.07, 6.45) is 1.86. The summed E-state index contributed by atoms with van der Waals surface area (Å²) in [6, 6.07) is 46.4. The van der Waals surface area contributed by atoms with Crippen LogP contribution in [0.15, 0.2) is 171 Å². The lowest BCUT2D eigenvalue weighted by Gasteiger charge is -2.46. The Labute approximate surface area is 423 Å². The highest BCUT2D eigenvalue weighted by atomic mass is 32.2. The Morgan fingerprint density at radius 3 is 1.58 bits per heavy atom. The van der Waals surface area contributed by atoms with Crippen molar-refractivity contribution in [1.29, 1.82) is 5.26 Å². The molecule has 0 fully saturated rings. The van der Waals surface area contributed by atoms with Crippen LogP contribution in [-0.2, 0) is 46.3 Å². The molecule has 0 bridgehead atoms. The van der Waals surface area contributed by atoms with E-state index in [9.17, 15) is 39.6 Å². The summed E-state index contributed by atoms with van der Waals surface area (Å²) in [4.78, 5) is -2.52. The molecule has 0 amide bonds. The van der Waals surface area contributed by atoms with E-state index in [0.717, 1.165) is 75.2 Å². The molecule has 0 heterocycles. The molecule has 0 saturated carbocycles. The maximum absolute atomic E-state index is 14.0. The summed E-state index contributed by atoms with van der Waals surface area (Å²) in [5.74, 6) is 0.475. The third kappa shape index (κ3) is 8.71. The number of sulfone groups is 1. The predicted octanol–water partition coefficient (Wildman–Crippen LogP) is 13.0. The third-order valence-electron chi connectivity index (χ3n) is 15.3. The minimum absolute atomic E-state index is 0.177. The van der Waals surface area contributed by atoms with E-state index in [-0.39, 0.29) is 17.1 Å². The maximum atomic E-state index is 14.0. The lowest BCUT2D eigenvalue weighted by molar-refractivity contribution is 0.00287. The van der Waals surface area contributed by atoms with Crippen LogP contribution in [0, 0.1) is 18.3 Å². The van der Waals surface area contributed by atoms with Gasteiger partial charge in [-0.05, 0) is 143 Å². The van der Waals surface area contributed by atoms with Gasteiger partial charge in [0.15, 0.2) is 0 Å². The van der Waals surface area contributed by atoms with E-state index in [0.29, 0.717) is 24.2 Å². The van der Waals surface area contributed by atoms with E-state index < -0.39 is 71.5 Å². The molecule has 372 valence electrons. The van der Waals surface area contributed by atoms with Crippen LogP contribution in [0.3, 0.4) is 0 Å². The summed E-state index contributed by atoms with van der Waals surface area (Å²) in [5, 5.41) is 10.3. The van der Waals surface area contributed by atoms with Crippen molar-refractivity contribution in [2.24, 2.45) is 0 Å². The van der Waals surface area contributed by atoms with Crippen molar-refractivity contribution in [3.63, 3.8) is 0 Å². The second-order valence-corrected chi connectivity index (χ2v) is 24.2. The van der Waals surface area contributed by atoms with Gasteiger partial charge in [-0.1, -0.05) is 139 Å². The van der Waals surface area contributed by atoms with Gasteiger partial charge in [0, 0.05) is 5.41 Å². The van der Waals surface area contributed by atoms with Gasteiger partial charge in [-0.2, -0.15) is 22.1 Å². The number of ether oxygens (including phenoxy) is 2.